The minimum Gasteiger partial charge on any atom is -0.618 e. The summed E-state index contributed by atoms with van der Waals surface area (Å²) in [4.78, 5) is 7.26. The number of alkyl halides is 3. The average Bonchev–Trinajstić information content (AvgIpc) is 3.45. The van der Waals surface area contributed by atoms with Crippen molar-refractivity contribution in [1.82, 2.24) is 9.97 Å². The molecule has 1 atom stereocenters. The topological polar surface area (TPSA) is 87.9 Å². The van der Waals surface area contributed by atoms with Gasteiger partial charge in [-0.3, -0.25) is 0 Å². The van der Waals surface area contributed by atoms with E-state index in [1.54, 1.807) is 12.1 Å². The predicted octanol–water partition coefficient (Wildman–Crippen LogP) is 5.99. The molecule has 0 saturated carbocycles. The second-order valence-corrected chi connectivity index (χ2v) is 9.27. The van der Waals surface area contributed by atoms with Crippen molar-refractivity contribution in [2.24, 2.45) is 0 Å². The molecule has 0 bridgehead atoms. The van der Waals surface area contributed by atoms with Gasteiger partial charge in [0.05, 0.1) is 46.0 Å². The number of nitrogens with zero attached hydrogens (tertiary/aromatic N) is 2. The molecule has 3 N–H and O–H groups in total. The Balaban J connectivity index is 1.51. The number of hydrogen-bond donors (Lipinski definition) is 3. The number of rotatable bonds is 4. The van der Waals surface area contributed by atoms with Crippen molar-refractivity contribution < 1.29 is 23.0 Å². The molecule has 0 saturated heterocycles. The Hall–Kier alpha value is -2.83. The summed E-state index contributed by atoms with van der Waals surface area (Å²) >= 11 is 8.17. The number of hydrogen-bond acceptors (Lipinski definition) is 4. The molecular weight excluding hydrogens is 596 g/mol. The zero-order valence-electron chi connectivity index (χ0n) is 17.8. The zero-order chi connectivity index (χ0) is 25.0. The van der Waals surface area contributed by atoms with E-state index in [4.69, 9.17) is 11.6 Å². The van der Waals surface area contributed by atoms with Crippen LogP contribution in [0.1, 0.15) is 29.1 Å². The van der Waals surface area contributed by atoms with Crippen molar-refractivity contribution in [1.29, 1.82) is 0 Å². The molecule has 6 nitrogen and oxygen atoms in total. The lowest BCUT2D eigenvalue weighted by atomic mass is 9.98. The third kappa shape index (κ3) is 4.23. The Bertz CT molecular complexity index is 1430. The van der Waals surface area contributed by atoms with E-state index in [2.05, 4.69) is 13.5 Å². The van der Waals surface area contributed by atoms with E-state index in [0.29, 0.717) is 38.6 Å². The van der Waals surface area contributed by atoms with Crippen LogP contribution in [0, 0.1) is 5.21 Å². The van der Waals surface area contributed by atoms with Crippen molar-refractivity contribution in [2.45, 2.75) is 24.6 Å². The summed E-state index contributed by atoms with van der Waals surface area (Å²) in [6, 6.07) is 11.8. The van der Waals surface area contributed by atoms with Crippen LogP contribution in [0.3, 0.4) is 0 Å². The highest BCUT2D eigenvalue weighted by Crippen LogP contribution is 2.42. The molecule has 1 unspecified atom stereocenters. The van der Waals surface area contributed by atoms with Crippen molar-refractivity contribution >= 4 is 40.2 Å². The van der Waals surface area contributed by atoms with Gasteiger partial charge in [-0.2, -0.15) is 17.9 Å². The van der Waals surface area contributed by atoms with Gasteiger partial charge in [-0.05, 0) is 54.8 Å². The van der Waals surface area contributed by atoms with Crippen LogP contribution in [-0.4, -0.2) is 15.1 Å². The van der Waals surface area contributed by atoms with Gasteiger partial charge >= 0.3 is 6.18 Å². The monoisotopic (exact) mass is 612 g/mol. The number of aliphatic hydroxyl groups is 1. The highest BCUT2D eigenvalue weighted by Gasteiger charge is 2.48. The first-order valence-corrected chi connectivity index (χ1v) is 11.9. The number of fused-ring (bicyclic) bond motifs is 1. The smallest absolute Gasteiger partial charge is 0.416 e. The summed E-state index contributed by atoms with van der Waals surface area (Å²) in [5.74, 6) is 0.154. The second-order valence-electron chi connectivity index (χ2n) is 8.29. The maximum Gasteiger partial charge on any atom is 0.416 e. The zero-order valence-corrected chi connectivity index (χ0v) is 20.7. The third-order valence-electron chi connectivity index (χ3n) is 6.14. The van der Waals surface area contributed by atoms with Crippen LogP contribution in [0.4, 0.5) is 18.9 Å². The summed E-state index contributed by atoms with van der Waals surface area (Å²) in [6.45, 7) is 0. The van der Waals surface area contributed by atoms with Crippen LogP contribution in [0.2, 0.25) is 5.02 Å². The summed E-state index contributed by atoms with van der Waals surface area (Å²) in [7, 11) is 0. The van der Waals surface area contributed by atoms with Gasteiger partial charge in [0.2, 0.25) is 11.3 Å². The summed E-state index contributed by atoms with van der Waals surface area (Å²) < 4.78 is 42.3. The van der Waals surface area contributed by atoms with E-state index in [-0.39, 0.29) is 17.9 Å². The van der Waals surface area contributed by atoms with Crippen molar-refractivity contribution in [3.63, 3.8) is 0 Å². The van der Waals surface area contributed by atoms with Crippen molar-refractivity contribution in [3.8, 4) is 22.4 Å². The molecule has 35 heavy (non-hydrogen) atoms. The maximum atomic E-state index is 13.1. The normalized spacial score (nSPS) is 17.4. The first-order chi connectivity index (χ1) is 16.6. The SMILES string of the molecule is [O-][n+]1cc(-c2cc(Cl)ccc2NI)cc2c1C(O)(c1ncc(-c3ccc(C(F)(F)F)cc3)[nH]1)CC2. The number of H-pyrrole nitrogens is 1. The Kier molecular flexibility index (Phi) is 5.93. The molecule has 0 amide bonds. The molecule has 0 spiro atoms. The number of imidazole rings is 1. The van der Waals surface area contributed by atoms with E-state index in [0.717, 1.165) is 23.4 Å². The minimum atomic E-state index is -4.43. The quantitative estimate of drug-likeness (QED) is 0.114. The van der Waals surface area contributed by atoms with Crippen LogP contribution in [0.15, 0.2) is 60.9 Å². The molecule has 0 radical (unpaired) electrons. The van der Waals surface area contributed by atoms with E-state index < -0.39 is 17.3 Å². The molecule has 11 heteroatoms. The lowest BCUT2D eigenvalue weighted by Crippen LogP contribution is -2.42. The van der Waals surface area contributed by atoms with Crippen LogP contribution in [-0.2, 0) is 18.2 Å². The van der Waals surface area contributed by atoms with E-state index >= 15 is 0 Å². The molecule has 1 aliphatic rings. The van der Waals surface area contributed by atoms with Gasteiger partial charge in [-0.25, -0.2) is 4.98 Å². The molecule has 2 aromatic heterocycles. The number of aromatic amines is 1. The first-order valence-electron chi connectivity index (χ1n) is 10.5. The molecule has 4 aromatic rings. The average molecular weight is 613 g/mol. The summed E-state index contributed by atoms with van der Waals surface area (Å²) in [6.07, 6.45) is -0.952. The standard InChI is InChI=1S/C24H17ClF3IN4O2/c25-17-5-6-19(32-29)18(10-17)15-9-14-7-8-23(34,21(14)33(35)12-15)22-30-11-20(31-22)13-1-3-16(4-2-13)24(26,27)28/h1-6,9-12,32,34H,7-8H2,(H,30,31). The Labute approximate surface area is 216 Å². The molecule has 180 valence electrons. The Morgan fingerprint density at radius 2 is 1.89 bits per heavy atom. The van der Waals surface area contributed by atoms with Crippen LogP contribution >= 0.6 is 34.5 Å². The van der Waals surface area contributed by atoms with Gasteiger partial charge in [-0.1, -0.05) is 23.7 Å². The number of benzene rings is 2. The summed E-state index contributed by atoms with van der Waals surface area (Å²) in [5.41, 5.74) is 1.51. The van der Waals surface area contributed by atoms with Crippen molar-refractivity contribution in [3.05, 3.63) is 93.8 Å². The van der Waals surface area contributed by atoms with E-state index in [1.165, 1.54) is 24.5 Å². The maximum absolute atomic E-state index is 13.1. The van der Waals surface area contributed by atoms with Crippen LogP contribution in [0.25, 0.3) is 22.4 Å². The number of aryl methyl sites for hydroxylation is 1. The van der Waals surface area contributed by atoms with E-state index in [1.807, 2.05) is 35.0 Å². The minimum absolute atomic E-state index is 0.154. The predicted molar refractivity (Wildman–Crippen MR) is 134 cm³/mol. The Morgan fingerprint density at radius 3 is 2.57 bits per heavy atom. The van der Waals surface area contributed by atoms with Gasteiger partial charge < -0.3 is 18.8 Å². The van der Waals surface area contributed by atoms with E-state index in [9.17, 15) is 23.5 Å². The Morgan fingerprint density at radius 1 is 1.14 bits per heavy atom. The van der Waals surface area contributed by atoms with Gasteiger partial charge in [-0.15, -0.1) is 0 Å². The lowest BCUT2D eigenvalue weighted by Gasteiger charge is -2.20. The van der Waals surface area contributed by atoms with Gasteiger partial charge in [0.1, 0.15) is 5.82 Å². The molecule has 2 aromatic carbocycles. The fourth-order valence-corrected chi connectivity index (χ4v) is 5.07. The highest BCUT2D eigenvalue weighted by molar-refractivity contribution is 14.1. The van der Waals surface area contributed by atoms with Gasteiger partial charge in [0.15, 0.2) is 6.20 Å². The molecule has 1 aliphatic carbocycles. The molecule has 5 rings (SSSR count). The highest BCUT2D eigenvalue weighted by atomic mass is 127. The number of pyridine rings is 1. The largest absolute Gasteiger partial charge is 0.618 e. The fraction of sp³-hybridized carbons (Fsp3) is 0.167. The molecule has 2 heterocycles. The number of nitrogens with one attached hydrogen (secondary N) is 2. The first kappa shape index (κ1) is 23.9. The number of halogens is 5. The lowest BCUT2D eigenvalue weighted by molar-refractivity contribution is -0.620. The molecule has 0 aliphatic heterocycles. The van der Waals surface area contributed by atoms with Gasteiger partial charge in [0.25, 0.3) is 0 Å². The van der Waals surface area contributed by atoms with Crippen molar-refractivity contribution in [2.75, 3.05) is 3.53 Å². The summed E-state index contributed by atoms with van der Waals surface area (Å²) in [5, 5.41) is 25.2. The number of aromatic nitrogens is 3. The fourth-order valence-electron chi connectivity index (χ4n) is 4.43. The third-order valence-corrected chi connectivity index (χ3v) is 6.96. The van der Waals surface area contributed by atoms with Crippen LogP contribution < -0.4 is 8.26 Å². The second kappa shape index (κ2) is 8.68. The molecule has 0 fully saturated rings. The number of anilines is 1. The van der Waals surface area contributed by atoms with Crippen LogP contribution in [0.5, 0.6) is 0 Å². The van der Waals surface area contributed by atoms with Gasteiger partial charge in [0, 0.05) is 21.7 Å². The molecular formula is C24H17ClF3IN4O2.